The van der Waals surface area contributed by atoms with Crippen molar-refractivity contribution in [2.75, 3.05) is 26.2 Å². The molecule has 0 bridgehead atoms. The van der Waals surface area contributed by atoms with Crippen LogP contribution in [0.3, 0.4) is 0 Å². The molecule has 3 heterocycles. The molecule has 0 saturated carbocycles. The van der Waals surface area contributed by atoms with Gasteiger partial charge in [-0.3, -0.25) is 4.79 Å². The van der Waals surface area contributed by atoms with Crippen LogP contribution < -0.4 is 10.6 Å². The van der Waals surface area contributed by atoms with Crippen LogP contribution in [0.15, 0.2) is 42.5 Å². The first-order valence-corrected chi connectivity index (χ1v) is 13.9. The second-order valence-corrected chi connectivity index (χ2v) is 12.0. The predicted octanol–water partition coefficient (Wildman–Crippen LogP) is 4.76. The Morgan fingerprint density at radius 3 is 2.61 bits per heavy atom. The lowest BCUT2D eigenvalue weighted by molar-refractivity contribution is -0.149. The van der Waals surface area contributed by atoms with Crippen molar-refractivity contribution in [2.45, 2.75) is 57.8 Å². The second kappa shape index (κ2) is 11.5. The number of halogens is 4. The minimum atomic E-state index is -1.37. The Bertz CT molecular complexity index is 1400. The standard InChI is InChI=1S/C30H35F4N5O2/c1-29(2,3)25(30(10-5-11-41-30)28(40)36-15-19-14-35-16-24(19)34)27-37-26(22-13-21(32)8-9-23(22)33)38-39(27)17-18-6-4-7-20(31)12-18/h4,6-9,12-13,19,24-25,35H,5,10-11,14-17H2,1-3H3,(H,36,40)/t19-,24+,25+,30?/m1/s1. The van der Waals surface area contributed by atoms with Crippen LogP contribution in [0.4, 0.5) is 17.6 Å². The molecule has 41 heavy (non-hydrogen) atoms. The molecule has 5 rings (SSSR count). The summed E-state index contributed by atoms with van der Waals surface area (Å²) in [6.45, 7) is 7.07. The zero-order chi connectivity index (χ0) is 29.4. The number of nitrogens with one attached hydrogen (secondary N) is 2. The molecular weight excluding hydrogens is 538 g/mol. The molecule has 1 amide bonds. The van der Waals surface area contributed by atoms with Crippen LogP contribution in [0, 0.1) is 28.8 Å². The van der Waals surface area contributed by atoms with E-state index in [1.165, 1.54) is 16.8 Å². The third-order valence-corrected chi connectivity index (χ3v) is 7.90. The van der Waals surface area contributed by atoms with Gasteiger partial charge in [-0.25, -0.2) is 27.2 Å². The summed E-state index contributed by atoms with van der Waals surface area (Å²) in [5.74, 6) is -2.97. The minimum absolute atomic E-state index is 0.0616. The van der Waals surface area contributed by atoms with E-state index in [0.29, 0.717) is 37.4 Å². The first-order chi connectivity index (χ1) is 19.5. The van der Waals surface area contributed by atoms with Gasteiger partial charge in [0.15, 0.2) is 11.4 Å². The molecule has 0 spiro atoms. The van der Waals surface area contributed by atoms with Crippen LogP contribution in [0.1, 0.15) is 50.9 Å². The minimum Gasteiger partial charge on any atom is -0.364 e. The number of hydrogen-bond acceptors (Lipinski definition) is 5. The number of rotatable bonds is 8. The van der Waals surface area contributed by atoms with E-state index in [-0.39, 0.29) is 42.8 Å². The summed E-state index contributed by atoms with van der Waals surface area (Å²) in [6, 6.07) is 9.01. The maximum atomic E-state index is 14.9. The highest BCUT2D eigenvalue weighted by Crippen LogP contribution is 2.49. The fourth-order valence-corrected chi connectivity index (χ4v) is 6.04. The number of ether oxygens (including phenoxy) is 1. The number of amides is 1. The predicted molar refractivity (Wildman–Crippen MR) is 145 cm³/mol. The number of benzene rings is 2. The summed E-state index contributed by atoms with van der Waals surface area (Å²) in [5.41, 5.74) is -1.57. The molecule has 11 heteroatoms. The van der Waals surface area contributed by atoms with Gasteiger partial charge < -0.3 is 15.4 Å². The van der Waals surface area contributed by atoms with Crippen molar-refractivity contribution in [3.63, 3.8) is 0 Å². The van der Waals surface area contributed by atoms with Gasteiger partial charge >= 0.3 is 0 Å². The van der Waals surface area contributed by atoms with Crippen molar-refractivity contribution in [2.24, 2.45) is 11.3 Å². The zero-order valence-corrected chi connectivity index (χ0v) is 23.4. The SMILES string of the molecule is CC(C)(C)[C@H](c1nc(-c2cc(F)ccc2F)nn1Cc1cccc(F)c1)C1(C(=O)NC[C@H]2CNC[C@@H]2F)CCCO1. The number of aromatic nitrogens is 3. The van der Waals surface area contributed by atoms with Gasteiger partial charge in [0, 0.05) is 32.2 Å². The monoisotopic (exact) mass is 573 g/mol. The molecule has 2 saturated heterocycles. The highest BCUT2D eigenvalue weighted by molar-refractivity contribution is 5.87. The summed E-state index contributed by atoms with van der Waals surface area (Å²) in [7, 11) is 0. The smallest absolute Gasteiger partial charge is 0.253 e. The summed E-state index contributed by atoms with van der Waals surface area (Å²) >= 11 is 0. The highest BCUT2D eigenvalue weighted by Gasteiger charge is 2.56. The molecule has 0 radical (unpaired) electrons. The van der Waals surface area contributed by atoms with Crippen LogP contribution in [0.5, 0.6) is 0 Å². The van der Waals surface area contributed by atoms with Gasteiger partial charge in [-0.2, -0.15) is 5.10 Å². The maximum Gasteiger partial charge on any atom is 0.253 e. The van der Waals surface area contributed by atoms with Crippen LogP contribution in [-0.2, 0) is 16.1 Å². The van der Waals surface area contributed by atoms with Crippen molar-refractivity contribution in [3.8, 4) is 11.4 Å². The summed E-state index contributed by atoms with van der Waals surface area (Å²) in [6.07, 6.45) is -0.0773. The van der Waals surface area contributed by atoms with Crippen molar-refractivity contribution >= 4 is 5.91 Å². The molecule has 220 valence electrons. The molecule has 3 aromatic rings. The molecule has 1 aromatic heterocycles. The first-order valence-electron chi connectivity index (χ1n) is 13.9. The lowest BCUT2D eigenvalue weighted by Gasteiger charge is -2.42. The molecule has 7 nitrogen and oxygen atoms in total. The molecule has 2 aliphatic heterocycles. The van der Waals surface area contributed by atoms with Gasteiger partial charge in [0.1, 0.15) is 29.4 Å². The van der Waals surface area contributed by atoms with Gasteiger partial charge in [-0.1, -0.05) is 32.9 Å². The van der Waals surface area contributed by atoms with Crippen molar-refractivity contribution in [1.29, 1.82) is 0 Å². The number of carbonyl (C=O) groups excluding carboxylic acids is 1. The largest absolute Gasteiger partial charge is 0.364 e. The first kappa shape index (κ1) is 29.2. The summed E-state index contributed by atoms with van der Waals surface area (Å²) in [4.78, 5) is 18.7. The van der Waals surface area contributed by atoms with Crippen LogP contribution >= 0.6 is 0 Å². The quantitative estimate of drug-likeness (QED) is 0.380. The fourth-order valence-electron chi connectivity index (χ4n) is 6.04. The third-order valence-electron chi connectivity index (χ3n) is 7.90. The average Bonchev–Trinajstić information content (AvgIpc) is 3.65. The molecular formula is C30H35F4N5O2. The Kier molecular flexibility index (Phi) is 8.20. The third kappa shape index (κ3) is 6.01. The second-order valence-electron chi connectivity index (χ2n) is 12.0. The number of carbonyl (C=O) groups is 1. The topological polar surface area (TPSA) is 81.1 Å². The van der Waals surface area contributed by atoms with E-state index >= 15 is 0 Å². The zero-order valence-electron chi connectivity index (χ0n) is 23.4. The van der Waals surface area contributed by atoms with Crippen LogP contribution in [-0.4, -0.2) is 58.7 Å². The Morgan fingerprint density at radius 2 is 1.95 bits per heavy atom. The van der Waals surface area contributed by atoms with E-state index < -0.39 is 40.6 Å². The van der Waals surface area contributed by atoms with E-state index in [2.05, 4.69) is 15.7 Å². The molecule has 4 atom stereocenters. The molecule has 1 unspecified atom stereocenters. The van der Waals surface area contributed by atoms with Gasteiger partial charge in [0.25, 0.3) is 5.91 Å². The van der Waals surface area contributed by atoms with Crippen molar-refractivity contribution in [3.05, 3.63) is 71.3 Å². The number of alkyl halides is 1. The Hall–Kier alpha value is -3.31. The Labute approximate surface area is 236 Å². The Morgan fingerprint density at radius 1 is 1.17 bits per heavy atom. The normalized spacial score (nSPS) is 23.6. The van der Waals surface area contributed by atoms with Crippen LogP contribution in [0.25, 0.3) is 11.4 Å². The van der Waals surface area contributed by atoms with Gasteiger partial charge in [0.05, 0.1) is 18.0 Å². The molecule has 0 aliphatic carbocycles. The van der Waals surface area contributed by atoms with E-state index in [1.807, 2.05) is 20.8 Å². The van der Waals surface area contributed by atoms with Gasteiger partial charge in [-0.15, -0.1) is 0 Å². The number of hydrogen-bond donors (Lipinski definition) is 2. The molecule has 2 N–H and O–H groups in total. The Balaban J connectivity index is 1.61. The average molecular weight is 574 g/mol. The van der Waals surface area contributed by atoms with E-state index in [9.17, 15) is 22.4 Å². The van der Waals surface area contributed by atoms with Crippen molar-refractivity contribution < 1.29 is 27.1 Å². The van der Waals surface area contributed by atoms with E-state index in [0.717, 1.165) is 18.2 Å². The summed E-state index contributed by atoms with van der Waals surface area (Å²) < 4.78 is 65.2. The number of nitrogens with zero attached hydrogens (tertiary/aromatic N) is 3. The highest BCUT2D eigenvalue weighted by atomic mass is 19.1. The molecule has 2 aromatic carbocycles. The lowest BCUT2D eigenvalue weighted by atomic mass is 9.68. The van der Waals surface area contributed by atoms with E-state index in [1.54, 1.807) is 12.1 Å². The van der Waals surface area contributed by atoms with Crippen LogP contribution in [0.2, 0.25) is 0 Å². The maximum absolute atomic E-state index is 14.9. The lowest BCUT2D eigenvalue weighted by Crippen LogP contribution is -2.55. The van der Waals surface area contributed by atoms with Crippen molar-refractivity contribution in [1.82, 2.24) is 25.4 Å². The molecule has 2 aliphatic rings. The van der Waals surface area contributed by atoms with Gasteiger partial charge in [0.2, 0.25) is 0 Å². The van der Waals surface area contributed by atoms with Gasteiger partial charge in [-0.05, 0) is 54.2 Å². The summed E-state index contributed by atoms with van der Waals surface area (Å²) in [5, 5.41) is 10.5. The fraction of sp³-hybridized carbons (Fsp3) is 0.500. The van der Waals surface area contributed by atoms with E-state index in [4.69, 9.17) is 9.72 Å². The molecule has 2 fully saturated rings.